The fourth-order valence-electron chi connectivity index (χ4n) is 2.69. The maximum Gasteiger partial charge on any atom is 0.257 e. The molecule has 0 saturated carbocycles. The summed E-state index contributed by atoms with van der Waals surface area (Å²) in [7, 11) is 0. The molecule has 0 spiro atoms. The molecular formula is C15H17ClN4O. The lowest BCUT2D eigenvalue weighted by atomic mass is 10.1. The zero-order chi connectivity index (χ0) is 14.8. The highest BCUT2D eigenvalue weighted by Gasteiger charge is 2.28. The van der Waals surface area contributed by atoms with Crippen molar-refractivity contribution in [3.8, 4) is 11.3 Å². The first-order chi connectivity index (χ1) is 10.2. The van der Waals surface area contributed by atoms with Crippen LogP contribution < -0.4 is 5.73 Å². The maximum absolute atomic E-state index is 12.6. The Morgan fingerprint density at radius 1 is 1.52 bits per heavy atom. The summed E-state index contributed by atoms with van der Waals surface area (Å²) in [5.74, 6) is 0.394. The van der Waals surface area contributed by atoms with Crippen LogP contribution in [-0.2, 0) is 0 Å². The van der Waals surface area contributed by atoms with E-state index in [1.807, 2.05) is 23.1 Å². The Morgan fingerprint density at radius 3 is 3.10 bits per heavy atom. The number of likely N-dealkylation sites (tertiary alicyclic amines) is 1. The third-order valence-electron chi connectivity index (χ3n) is 3.89. The number of hydrogen-bond acceptors (Lipinski definition) is 3. The Bertz CT molecular complexity index is 655. The first-order valence-corrected chi connectivity index (χ1v) is 7.35. The molecule has 1 unspecified atom stereocenters. The van der Waals surface area contributed by atoms with Crippen molar-refractivity contribution < 1.29 is 4.79 Å². The number of carbonyl (C=O) groups excluding carboxylic acids is 1. The van der Waals surface area contributed by atoms with Crippen molar-refractivity contribution in [3.05, 3.63) is 41.0 Å². The second-order valence-electron chi connectivity index (χ2n) is 5.31. The van der Waals surface area contributed by atoms with Gasteiger partial charge in [-0.1, -0.05) is 23.7 Å². The van der Waals surface area contributed by atoms with Gasteiger partial charge >= 0.3 is 0 Å². The van der Waals surface area contributed by atoms with Gasteiger partial charge in [-0.3, -0.25) is 9.89 Å². The van der Waals surface area contributed by atoms with E-state index >= 15 is 0 Å². The molecule has 1 amide bonds. The number of nitrogens with one attached hydrogen (secondary N) is 1. The zero-order valence-corrected chi connectivity index (χ0v) is 12.3. The molecule has 5 nitrogen and oxygen atoms in total. The highest BCUT2D eigenvalue weighted by atomic mass is 35.5. The summed E-state index contributed by atoms with van der Waals surface area (Å²) in [6, 6.07) is 7.38. The van der Waals surface area contributed by atoms with Crippen LogP contribution in [0.15, 0.2) is 30.5 Å². The van der Waals surface area contributed by atoms with Crippen LogP contribution >= 0.6 is 11.6 Å². The van der Waals surface area contributed by atoms with Crippen LogP contribution in [0.5, 0.6) is 0 Å². The molecule has 1 aromatic carbocycles. The molecule has 1 atom stereocenters. The third-order valence-corrected chi connectivity index (χ3v) is 4.12. The van der Waals surface area contributed by atoms with Gasteiger partial charge in [0.2, 0.25) is 0 Å². The van der Waals surface area contributed by atoms with Gasteiger partial charge in [0.05, 0.1) is 17.5 Å². The fourth-order valence-corrected chi connectivity index (χ4v) is 2.88. The van der Waals surface area contributed by atoms with E-state index in [9.17, 15) is 4.79 Å². The van der Waals surface area contributed by atoms with Crippen molar-refractivity contribution in [1.82, 2.24) is 15.1 Å². The van der Waals surface area contributed by atoms with Crippen molar-refractivity contribution in [2.45, 2.75) is 6.42 Å². The molecule has 1 fully saturated rings. The summed E-state index contributed by atoms with van der Waals surface area (Å²) in [5.41, 5.74) is 7.83. The average Bonchev–Trinajstić information content (AvgIpc) is 3.15. The molecule has 2 aromatic rings. The Labute approximate surface area is 128 Å². The number of halogens is 1. The number of benzene rings is 1. The van der Waals surface area contributed by atoms with Crippen LogP contribution in [0.3, 0.4) is 0 Å². The van der Waals surface area contributed by atoms with Crippen molar-refractivity contribution in [2.24, 2.45) is 11.7 Å². The van der Waals surface area contributed by atoms with Gasteiger partial charge in [0, 0.05) is 23.7 Å². The Balaban J connectivity index is 1.87. The molecule has 1 aliphatic heterocycles. The van der Waals surface area contributed by atoms with Gasteiger partial charge in [0.25, 0.3) is 5.91 Å². The lowest BCUT2D eigenvalue weighted by molar-refractivity contribution is 0.0788. The van der Waals surface area contributed by atoms with E-state index in [1.54, 1.807) is 12.3 Å². The third kappa shape index (κ3) is 2.80. The van der Waals surface area contributed by atoms with Gasteiger partial charge in [-0.25, -0.2) is 0 Å². The standard InChI is InChI=1S/C15H17ClN4O/c16-12-3-1-2-11(6-12)14-13(8-18-19-14)15(21)20-5-4-10(7-17)9-20/h1-3,6,8,10H,4-5,7,9,17H2,(H,18,19). The van der Waals surface area contributed by atoms with Crippen molar-refractivity contribution in [3.63, 3.8) is 0 Å². The van der Waals surface area contributed by atoms with E-state index in [1.165, 1.54) is 0 Å². The van der Waals surface area contributed by atoms with Crippen molar-refractivity contribution in [2.75, 3.05) is 19.6 Å². The molecule has 0 aliphatic carbocycles. The Hall–Kier alpha value is -1.85. The minimum atomic E-state index is -0.00493. The lowest BCUT2D eigenvalue weighted by Crippen LogP contribution is -2.30. The van der Waals surface area contributed by atoms with E-state index in [2.05, 4.69) is 10.2 Å². The van der Waals surface area contributed by atoms with Gasteiger partial charge < -0.3 is 10.6 Å². The van der Waals surface area contributed by atoms with Crippen LogP contribution in [-0.4, -0.2) is 40.6 Å². The van der Waals surface area contributed by atoms with Gasteiger partial charge in [0.15, 0.2) is 0 Å². The normalized spacial score (nSPS) is 18.2. The second kappa shape index (κ2) is 5.87. The van der Waals surface area contributed by atoms with Gasteiger partial charge in [-0.05, 0) is 31.0 Å². The molecular weight excluding hydrogens is 288 g/mol. The number of amides is 1. The highest BCUT2D eigenvalue weighted by Crippen LogP contribution is 2.26. The number of carbonyl (C=O) groups is 1. The average molecular weight is 305 g/mol. The number of aromatic nitrogens is 2. The molecule has 2 heterocycles. The summed E-state index contributed by atoms with van der Waals surface area (Å²) in [5, 5.41) is 7.55. The monoisotopic (exact) mass is 304 g/mol. The van der Waals surface area contributed by atoms with Crippen LogP contribution in [0.2, 0.25) is 5.02 Å². The largest absolute Gasteiger partial charge is 0.338 e. The maximum atomic E-state index is 12.6. The summed E-state index contributed by atoms with van der Waals surface area (Å²) in [6.07, 6.45) is 2.54. The second-order valence-corrected chi connectivity index (χ2v) is 5.75. The minimum absolute atomic E-state index is 0.00493. The van der Waals surface area contributed by atoms with E-state index in [0.29, 0.717) is 28.7 Å². The molecule has 110 valence electrons. The van der Waals surface area contributed by atoms with Gasteiger partial charge in [0.1, 0.15) is 0 Å². The predicted molar refractivity (Wildman–Crippen MR) is 82.1 cm³/mol. The van der Waals surface area contributed by atoms with E-state index in [-0.39, 0.29) is 5.91 Å². The van der Waals surface area contributed by atoms with Crippen LogP contribution in [0.4, 0.5) is 0 Å². The SMILES string of the molecule is NCC1CCN(C(=O)c2cn[nH]c2-c2cccc(Cl)c2)C1. The van der Waals surface area contributed by atoms with E-state index < -0.39 is 0 Å². The first-order valence-electron chi connectivity index (χ1n) is 6.97. The van der Waals surface area contributed by atoms with Crippen LogP contribution in [0, 0.1) is 5.92 Å². The zero-order valence-electron chi connectivity index (χ0n) is 11.6. The predicted octanol–water partition coefficient (Wildman–Crippen LogP) is 2.15. The van der Waals surface area contributed by atoms with E-state index in [0.717, 1.165) is 25.1 Å². The molecule has 1 aromatic heterocycles. The van der Waals surface area contributed by atoms with Gasteiger partial charge in [-0.2, -0.15) is 5.10 Å². The Kier molecular flexibility index (Phi) is 3.94. The number of H-pyrrole nitrogens is 1. The van der Waals surface area contributed by atoms with Crippen LogP contribution in [0.1, 0.15) is 16.8 Å². The Morgan fingerprint density at radius 2 is 2.38 bits per heavy atom. The molecule has 3 rings (SSSR count). The quantitative estimate of drug-likeness (QED) is 0.912. The number of nitrogens with two attached hydrogens (primary N) is 1. The molecule has 21 heavy (non-hydrogen) atoms. The molecule has 0 bridgehead atoms. The van der Waals surface area contributed by atoms with Crippen molar-refractivity contribution in [1.29, 1.82) is 0 Å². The summed E-state index contributed by atoms with van der Waals surface area (Å²) < 4.78 is 0. The number of hydrogen-bond donors (Lipinski definition) is 2. The molecule has 0 radical (unpaired) electrons. The fraction of sp³-hybridized carbons (Fsp3) is 0.333. The molecule has 6 heteroatoms. The number of aromatic amines is 1. The molecule has 1 aliphatic rings. The van der Waals surface area contributed by atoms with Crippen molar-refractivity contribution >= 4 is 17.5 Å². The summed E-state index contributed by atoms with van der Waals surface area (Å²) in [6.45, 7) is 2.09. The van der Waals surface area contributed by atoms with E-state index in [4.69, 9.17) is 17.3 Å². The molecule has 1 saturated heterocycles. The molecule has 3 N–H and O–H groups in total. The number of rotatable bonds is 3. The topological polar surface area (TPSA) is 75.0 Å². The number of nitrogens with zero attached hydrogens (tertiary/aromatic N) is 2. The van der Waals surface area contributed by atoms with Gasteiger partial charge in [-0.15, -0.1) is 0 Å². The first kappa shape index (κ1) is 14.1. The lowest BCUT2D eigenvalue weighted by Gasteiger charge is -2.16. The summed E-state index contributed by atoms with van der Waals surface area (Å²) in [4.78, 5) is 14.5. The van der Waals surface area contributed by atoms with Crippen LogP contribution in [0.25, 0.3) is 11.3 Å². The minimum Gasteiger partial charge on any atom is -0.338 e. The highest BCUT2D eigenvalue weighted by molar-refractivity contribution is 6.30. The summed E-state index contributed by atoms with van der Waals surface area (Å²) >= 11 is 6.02. The smallest absolute Gasteiger partial charge is 0.257 e.